The SMILES string of the molecule is CCCCCC(CCCCCCCCCCCC(=O)O)(OCc1ccccc1)OC(C)=O. The summed E-state index contributed by atoms with van der Waals surface area (Å²) in [5.41, 5.74) is 1.09. The summed E-state index contributed by atoms with van der Waals surface area (Å²) in [5.74, 6) is -1.81. The topological polar surface area (TPSA) is 72.8 Å². The van der Waals surface area contributed by atoms with E-state index in [1.807, 2.05) is 30.3 Å². The molecule has 1 N–H and O–H groups in total. The molecule has 0 aliphatic carbocycles. The van der Waals surface area contributed by atoms with Crippen molar-refractivity contribution < 1.29 is 24.2 Å². The fraction of sp³-hybridized carbons (Fsp3) is 0.704. The molecule has 1 rings (SSSR count). The molecule has 0 amide bonds. The van der Waals surface area contributed by atoms with E-state index in [1.54, 1.807) is 0 Å². The summed E-state index contributed by atoms with van der Waals surface area (Å²) in [4.78, 5) is 22.4. The van der Waals surface area contributed by atoms with Crippen LogP contribution in [0.4, 0.5) is 0 Å². The Kier molecular flexibility index (Phi) is 15.5. The summed E-state index contributed by atoms with van der Waals surface area (Å²) < 4.78 is 12.1. The van der Waals surface area contributed by atoms with Gasteiger partial charge in [0, 0.05) is 26.2 Å². The minimum atomic E-state index is -0.832. The summed E-state index contributed by atoms with van der Waals surface area (Å²) in [6.07, 6.45) is 14.7. The van der Waals surface area contributed by atoms with Crippen LogP contribution in [0.15, 0.2) is 30.3 Å². The number of carbonyl (C=O) groups excluding carboxylic acids is 1. The van der Waals surface area contributed by atoms with Crippen molar-refractivity contribution in [3.63, 3.8) is 0 Å². The van der Waals surface area contributed by atoms with Crippen LogP contribution in [0.25, 0.3) is 0 Å². The first-order chi connectivity index (χ1) is 15.5. The number of aliphatic carboxylic acids is 1. The third-order valence-corrected chi connectivity index (χ3v) is 5.78. The van der Waals surface area contributed by atoms with Gasteiger partial charge in [0.1, 0.15) is 0 Å². The number of carboxylic acid groups (broad SMARTS) is 1. The average molecular weight is 449 g/mol. The Morgan fingerprint density at radius 3 is 1.88 bits per heavy atom. The zero-order valence-corrected chi connectivity index (χ0v) is 20.3. The Bertz CT molecular complexity index is 616. The van der Waals surface area contributed by atoms with Gasteiger partial charge in [-0.25, -0.2) is 0 Å². The largest absolute Gasteiger partial charge is 0.481 e. The Hall–Kier alpha value is -1.88. The lowest BCUT2D eigenvalue weighted by Crippen LogP contribution is -2.37. The Balaban J connectivity index is 2.41. The van der Waals surface area contributed by atoms with Gasteiger partial charge in [0.25, 0.3) is 0 Å². The van der Waals surface area contributed by atoms with Crippen molar-refractivity contribution in [2.45, 2.75) is 123 Å². The second-order valence-electron chi connectivity index (χ2n) is 8.81. The molecule has 1 unspecified atom stereocenters. The molecule has 0 saturated carbocycles. The van der Waals surface area contributed by atoms with E-state index in [-0.39, 0.29) is 12.4 Å². The van der Waals surface area contributed by atoms with Gasteiger partial charge in [-0.1, -0.05) is 95.0 Å². The first-order valence-corrected chi connectivity index (χ1v) is 12.6. The summed E-state index contributed by atoms with van der Waals surface area (Å²) in [6.45, 7) is 4.09. The molecule has 0 heterocycles. The first-order valence-electron chi connectivity index (χ1n) is 12.6. The molecule has 0 spiro atoms. The number of rotatable bonds is 20. The van der Waals surface area contributed by atoms with E-state index in [1.165, 1.54) is 32.6 Å². The van der Waals surface area contributed by atoms with Crippen molar-refractivity contribution in [3.05, 3.63) is 35.9 Å². The standard InChI is InChI=1S/C27H44O5/c1-3-4-16-21-27(32-24(2)28,31-23-25-18-13-12-14-19-25)22-17-11-9-7-5-6-8-10-15-20-26(29)30/h12-14,18-19H,3-11,15-17,20-23H2,1-2H3,(H,29,30). The maximum Gasteiger partial charge on any atom is 0.305 e. The maximum absolute atomic E-state index is 11.9. The highest BCUT2D eigenvalue weighted by Crippen LogP contribution is 2.30. The fourth-order valence-electron chi connectivity index (χ4n) is 4.00. The average Bonchev–Trinajstić information content (AvgIpc) is 2.76. The molecule has 5 heteroatoms. The van der Waals surface area contributed by atoms with Crippen LogP contribution in [0.1, 0.15) is 116 Å². The summed E-state index contributed by atoms with van der Waals surface area (Å²) in [6, 6.07) is 10.0. The zero-order valence-electron chi connectivity index (χ0n) is 20.3. The molecule has 5 nitrogen and oxygen atoms in total. The smallest absolute Gasteiger partial charge is 0.305 e. The summed E-state index contributed by atoms with van der Waals surface area (Å²) in [5, 5.41) is 8.66. The highest BCUT2D eigenvalue weighted by molar-refractivity contribution is 5.66. The second kappa shape index (κ2) is 17.6. The molecule has 1 aromatic rings. The number of carboxylic acids is 1. The molecule has 0 saturated heterocycles. The van der Waals surface area contributed by atoms with E-state index in [4.69, 9.17) is 14.6 Å². The lowest BCUT2D eigenvalue weighted by atomic mass is 9.99. The van der Waals surface area contributed by atoms with Crippen molar-refractivity contribution in [1.29, 1.82) is 0 Å². The van der Waals surface area contributed by atoms with Crippen molar-refractivity contribution in [2.75, 3.05) is 0 Å². The predicted molar refractivity (Wildman–Crippen MR) is 128 cm³/mol. The van der Waals surface area contributed by atoms with Crippen molar-refractivity contribution >= 4 is 11.9 Å². The van der Waals surface area contributed by atoms with Crippen molar-refractivity contribution in [3.8, 4) is 0 Å². The van der Waals surface area contributed by atoms with Crippen LogP contribution in [0.3, 0.4) is 0 Å². The van der Waals surface area contributed by atoms with Gasteiger partial charge in [-0.05, 0) is 24.8 Å². The predicted octanol–water partition coefficient (Wildman–Crippen LogP) is 7.42. The molecule has 0 aliphatic rings. The highest BCUT2D eigenvalue weighted by Gasteiger charge is 2.33. The van der Waals surface area contributed by atoms with Crippen LogP contribution in [0.5, 0.6) is 0 Å². The van der Waals surface area contributed by atoms with Gasteiger partial charge in [-0.3, -0.25) is 9.59 Å². The van der Waals surface area contributed by atoms with Gasteiger partial charge in [-0.15, -0.1) is 0 Å². The van der Waals surface area contributed by atoms with Crippen LogP contribution in [0.2, 0.25) is 0 Å². The van der Waals surface area contributed by atoms with Crippen LogP contribution in [0, 0.1) is 0 Å². The van der Waals surface area contributed by atoms with E-state index >= 15 is 0 Å². The van der Waals surface area contributed by atoms with Crippen LogP contribution in [-0.4, -0.2) is 22.8 Å². The molecule has 0 aromatic heterocycles. The normalized spacial score (nSPS) is 12.9. The molecule has 0 bridgehead atoms. The summed E-state index contributed by atoms with van der Waals surface area (Å²) >= 11 is 0. The lowest BCUT2D eigenvalue weighted by molar-refractivity contribution is -0.243. The molecule has 32 heavy (non-hydrogen) atoms. The molecule has 0 aliphatic heterocycles. The molecular formula is C27H44O5. The van der Waals surface area contributed by atoms with Gasteiger partial charge in [0.2, 0.25) is 5.79 Å². The van der Waals surface area contributed by atoms with Crippen LogP contribution in [-0.2, 0) is 25.7 Å². The quantitative estimate of drug-likeness (QED) is 0.128. The van der Waals surface area contributed by atoms with Gasteiger partial charge in [0.15, 0.2) is 0 Å². The number of unbranched alkanes of at least 4 members (excludes halogenated alkanes) is 10. The minimum absolute atomic E-state index is 0.280. The van der Waals surface area contributed by atoms with E-state index in [2.05, 4.69) is 6.92 Å². The Morgan fingerprint density at radius 1 is 0.812 bits per heavy atom. The summed E-state index contributed by atoms with van der Waals surface area (Å²) in [7, 11) is 0. The van der Waals surface area contributed by atoms with E-state index in [9.17, 15) is 9.59 Å². The lowest BCUT2D eigenvalue weighted by Gasteiger charge is -2.33. The number of carbonyl (C=O) groups is 2. The molecule has 0 fully saturated rings. The highest BCUT2D eigenvalue weighted by atomic mass is 16.7. The van der Waals surface area contributed by atoms with E-state index in [0.717, 1.165) is 69.8 Å². The fourth-order valence-corrected chi connectivity index (χ4v) is 4.00. The number of benzene rings is 1. The number of hydrogen-bond donors (Lipinski definition) is 1. The third kappa shape index (κ3) is 14.2. The first kappa shape index (κ1) is 28.2. The zero-order chi connectivity index (χ0) is 23.5. The molecule has 1 aromatic carbocycles. The third-order valence-electron chi connectivity index (χ3n) is 5.78. The molecular weight excluding hydrogens is 404 g/mol. The molecule has 182 valence electrons. The van der Waals surface area contributed by atoms with Gasteiger partial charge < -0.3 is 14.6 Å². The number of hydrogen-bond acceptors (Lipinski definition) is 4. The molecule has 0 radical (unpaired) electrons. The van der Waals surface area contributed by atoms with Crippen molar-refractivity contribution in [2.24, 2.45) is 0 Å². The van der Waals surface area contributed by atoms with Crippen molar-refractivity contribution in [1.82, 2.24) is 0 Å². The van der Waals surface area contributed by atoms with Crippen LogP contribution >= 0.6 is 0 Å². The monoisotopic (exact) mass is 448 g/mol. The van der Waals surface area contributed by atoms with Gasteiger partial charge >= 0.3 is 11.9 Å². The minimum Gasteiger partial charge on any atom is -0.481 e. The van der Waals surface area contributed by atoms with E-state index < -0.39 is 11.8 Å². The maximum atomic E-state index is 11.9. The Morgan fingerprint density at radius 2 is 1.34 bits per heavy atom. The number of esters is 1. The second-order valence-corrected chi connectivity index (χ2v) is 8.81. The number of ether oxygens (including phenoxy) is 2. The van der Waals surface area contributed by atoms with Crippen LogP contribution < -0.4 is 0 Å². The van der Waals surface area contributed by atoms with E-state index in [0.29, 0.717) is 6.61 Å². The van der Waals surface area contributed by atoms with Gasteiger partial charge in [0.05, 0.1) is 6.61 Å². The molecule has 1 atom stereocenters. The van der Waals surface area contributed by atoms with Gasteiger partial charge in [-0.2, -0.15) is 0 Å². The Labute approximate surface area is 194 Å².